The van der Waals surface area contributed by atoms with E-state index in [1.807, 2.05) is 30.5 Å². The Hall–Kier alpha value is -3.03. The van der Waals surface area contributed by atoms with E-state index in [-0.39, 0.29) is 0 Å². The van der Waals surface area contributed by atoms with Crippen LogP contribution in [0.5, 0.6) is 0 Å². The first kappa shape index (κ1) is 18.0. The average molecular weight is 404 g/mol. The van der Waals surface area contributed by atoms with Crippen LogP contribution in [0.4, 0.5) is 11.8 Å². The van der Waals surface area contributed by atoms with Crippen LogP contribution in [0.15, 0.2) is 60.1 Å². The summed E-state index contributed by atoms with van der Waals surface area (Å²) < 4.78 is 5.49. The molecule has 1 fully saturated rings. The van der Waals surface area contributed by atoms with E-state index in [2.05, 4.69) is 44.8 Å². The molecular weight excluding hydrogens is 382 g/mol. The Morgan fingerprint density at radius 2 is 1.83 bits per heavy atom. The van der Waals surface area contributed by atoms with Gasteiger partial charge in [0, 0.05) is 30.2 Å². The molecule has 0 atom stereocenters. The number of aromatic nitrogens is 3. The van der Waals surface area contributed by atoms with Gasteiger partial charge in [0.25, 0.3) is 0 Å². The Morgan fingerprint density at radius 1 is 1.00 bits per heavy atom. The van der Waals surface area contributed by atoms with Gasteiger partial charge in [0.05, 0.1) is 30.8 Å². The van der Waals surface area contributed by atoms with Crippen molar-refractivity contribution in [3.05, 3.63) is 65.8 Å². The predicted molar refractivity (Wildman–Crippen MR) is 117 cm³/mol. The number of thiophene rings is 1. The van der Waals surface area contributed by atoms with Crippen molar-refractivity contribution in [3.63, 3.8) is 0 Å². The number of benzene rings is 1. The second-order valence-electron chi connectivity index (χ2n) is 6.84. The van der Waals surface area contributed by atoms with E-state index in [1.165, 1.54) is 5.56 Å². The Morgan fingerprint density at radius 3 is 2.62 bits per heavy atom. The van der Waals surface area contributed by atoms with Gasteiger partial charge in [-0.2, -0.15) is 4.98 Å². The van der Waals surface area contributed by atoms with E-state index in [9.17, 15) is 0 Å². The highest BCUT2D eigenvalue weighted by atomic mass is 32.1. The van der Waals surface area contributed by atoms with Crippen LogP contribution in [0.25, 0.3) is 21.3 Å². The zero-order valence-electron chi connectivity index (χ0n) is 15.9. The maximum atomic E-state index is 5.49. The van der Waals surface area contributed by atoms with E-state index in [1.54, 1.807) is 11.3 Å². The van der Waals surface area contributed by atoms with Crippen LogP contribution in [0.3, 0.4) is 0 Å². The standard InChI is InChI=1S/C22H21N5OS/c1-2-6-16(7-3-1)18-15-29-21-19(18)20(24-14-17-8-4-5-9-23-17)25-22(26-21)27-10-12-28-13-11-27/h1-9,15H,10-14H2,(H,24,25,26). The van der Waals surface area contributed by atoms with Gasteiger partial charge in [-0.25, -0.2) is 4.98 Å². The molecule has 1 aliphatic rings. The smallest absolute Gasteiger partial charge is 0.228 e. The molecule has 0 saturated carbocycles. The molecule has 29 heavy (non-hydrogen) atoms. The summed E-state index contributed by atoms with van der Waals surface area (Å²) in [5, 5.41) is 6.75. The molecule has 4 aromatic rings. The lowest BCUT2D eigenvalue weighted by molar-refractivity contribution is 0.122. The number of pyridine rings is 1. The average Bonchev–Trinajstić information content (AvgIpc) is 3.24. The van der Waals surface area contributed by atoms with Crippen molar-refractivity contribution in [3.8, 4) is 11.1 Å². The van der Waals surface area contributed by atoms with Crippen molar-refractivity contribution in [2.45, 2.75) is 6.54 Å². The van der Waals surface area contributed by atoms with Crippen molar-refractivity contribution >= 4 is 33.3 Å². The summed E-state index contributed by atoms with van der Waals surface area (Å²) in [6, 6.07) is 16.3. The molecular formula is C22H21N5OS. The minimum atomic E-state index is 0.611. The lowest BCUT2D eigenvalue weighted by Crippen LogP contribution is -2.37. The van der Waals surface area contributed by atoms with Gasteiger partial charge < -0.3 is 15.0 Å². The lowest BCUT2D eigenvalue weighted by atomic mass is 10.1. The van der Waals surface area contributed by atoms with Crippen LogP contribution in [0.1, 0.15) is 5.69 Å². The Kier molecular flexibility index (Phi) is 5.06. The van der Waals surface area contributed by atoms with Crippen LogP contribution >= 0.6 is 11.3 Å². The molecule has 0 spiro atoms. The number of rotatable bonds is 5. The third-order valence-corrected chi connectivity index (χ3v) is 5.84. The molecule has 5 rings (SSSR count). The third kappa shape index (κ3) is 3.79. The Bertz CT molecular complexity index is 1090. The SMILES string of the molecule is c1ccc(-c2csc3nc(N4CCOCC4)nc(NCc4ccccn4)c23)cc1. The van der Waals surface area contributed by atoms with Crippen LogP contribution in [-0.2, 0) is 11.3 Å². The van der Waals surface area contributed by atoms with E-state index in [0.29, 0.717) is 19.8 Å². The number of morpholine rings is 1. The summed E-state index contributed by atoms with van der Waals surface area (Å²) in [5.41, 5.74) is 3.30. The first-order chi connectivity index (χ1) is 14.4. The Balaban J connectivity index is 1.58. The van der Waals surface area contributed by atoms with Gasteiger partial charge in [-0.1, -0.05) is 36.4 Å². The molecule has 1 N–H and O–H groups in total. The number of hydrogen-bond acceptors (Lipinski definition) is 7. The van der Waals surface area contributed by atoms with Crippen molar-refractivity contribution < 1.29 is 4.74 Å². The molecule has 6 nitrogen and oxygen atoms in total. The van der Waals surface area contributed by atoms with Gasteiger partial charge in [0.2, 0.25) is 5.95 Å². The fraction of sp³-hybridized carbons (Fsp3) is 0.227. The first-order valence-electron chi connectivity index (χ1n) is 9.69. The van der Waals surface area contributed by atoms with E-state index >= 15 is 0 Å². The fourth-order valence-corrected chi connectivity index (χ4v) is 4.41. The number of ether oxygens (including phenoxy) is 1. The normalized spacial score (nSPS) is 14.3. The minimum absolute atomic E-state index is 0.611. The number of anilines is 2. The monoisotopic (exact) mass is 403 g/mol. The highest BCUT2D eigenvalue weighted by Crippen LogP contribution is 2.38. The molecule has 0 unspecified atom stereocenters. The van der Waals surface area contributed by atoms with Crippen molar-refractivity contribution in [2.75, 3.05) is 36.5 Å². The van der Waals surface area contributed by atoms with Crippen LogP contribution < -0.4 is 10.2 Å². The van der Waals surface area contributed by atoms with E-state index in [4.69, 9.17) is 14.7 Å². The maximum Gasteiger partial charge on any atom is 0.228 e. The van der Waals surface area contributed by atoms with Crippen molar-refractivity contribution in [1.29, 1.82) is 0 Å². The Labute approximate surface area is 173 Å². The summed E-state index contributed by atoms with van der Waals surface area (Å²) in [6.45, 7) is 3.64. The van der Waals surface area contributed by atoms with Gasteiger partial charge in [0.15, 0.2) is 0 Å². The van der Waals surface area contributed by atoms with E-state index in [0.717, 1.165) is 46.3 Å². The molecule has 4 heterocycles. The summed E-state index contributed by atoms with van der Waals surface area (Å²) in [5.74, 6) is 1.60. The molecule has 1 aliphatic heterocycles. The second kappa shape index (κ2) is 8.14. The molecule has 7 heteroatoms. The number of hydrogen-bond donors (Lipinski definition) is 1. The highest BCUT2D eigenvalue weighted by Gasteiger charge is 2.20. The molecule has 0 amide bonds. The molecule has 3 aromatic heterocycles. The van der Waals surface area contributed by atoms with Crippen LogP contribution in [0.2, 0.25) is 0 Å². The van der Waals surface area contributed by atoms with Gasteiger partial charge in [-0.15, -0.1) is 11.3 Å². The largest absolute Gasteiger partial charge is 0.378 e. The van der Waals surface area contributed by atoms with Gasteiger partial charge in [-0.3, -0.25) is 4.98 Å². The lowest BCUT2D eigenvalue weighted by Gasteiger charge is -2.27. The zero-order valence-corrected chi connectivity index (χ0v) is 16.7. The number of nitrogens with one attached hydrogen (secondary N) is 1. The molecule has 146 valence electrons. The summed E-state index contributed by atoms with van der Waals surface area (Å²) in [6.07, 6.45) is 1.81. The third-order valence-electron chi connectivity index (χ3n) is 4.96. The molecule has 0 bridgehead atoms. The van der Waals surface area contributed by atoms with Crippen molar-refractivity contribution in [2.24, 2.45) is 0 Å². The predicted octanol–water partition coefficient (Wildman–Crippen LogP) is 4.20. The minimum Gasteiger partial charge on any atom is -0.378 e. The van der Waals surface area contributed by atoms with E-state index < -0.39 is 0 Å². The van der Waals surface area contributed by atoms with Gasteiger partial charge in [-0.05, 0) is 17.7 Å². The van der Waals surface area contributed by atoms with Crippen LogP contribution in [0, 0.1) is 0 Å². The van der Waals surface area contributed by atoms with Gasteiger partial charge in [0.1, 0.15) is 10.6 Å². The number of nitrogens with zero attached hydrogens (tertiary/aromatic N) is 4. The molecule has 0 aliphatic carbocycles. The zero-order chi connectivity index (χ0) is 19.5. The topological polar surface area (TPSA) is 63.2 Å². The van der Waals surface area contributed by atoms with Gasteiger partial charge >= 0.3 is 0 Å². The van der Waals surface area contributed by atoms with Crippen LogP contribution in [-0.4, -0.2) is 41.3 Å². The second-order valence-corrected chi connectivity index (χ2v) is 7.70. The fourth-order valence-electron chi connectivity index (χ4n) is 3.47. The number of fused-ring (bicyclic) bond motifs is 1. The molecule has 0 radical (unpaired) electrons. The highest BCUT2D eigenvalue weighted by molar-refractivity contribution is 7.17. The molecule has 1 saturated heterocycles. The summed E-state index contributed by atoms with van der Waals surface area (Å²) in [4.78, 5) is 17.4. The summed E-state index contributed by atoms with van der Waals surface area (Å²) >= 11 is 1.66. The summed E-state index contributed by atoms with van der Waals surface area (Å²) in [7, 11) is 0. The maximum absolute atomic E-state index is 5.49. The molecule has 1 aromatic carbocycles. The first-order valence-corrected chi connectivity index (χ1v) is 10.6. The van der Waals surface area contributed by atoms with Crippen molar-refractivity contribution in [1.82, 2.24) is 15.0 Å². The quantitative estimate of drug-likeness (QED) is 0.539.